The number of piperidine rings is 1. The molecule has 1 N–H and O–H groups in total. The normalized spacial score (nSPS) is 24.4. The zero-order valence-electron chi connectivity index (χ0n) is 16.3. The van der Waals surface area contributed by atoms with Crippen LogP contribution in [0.1, 0.15) is 24.8 Å². The SMILES string of the molecule is O=C(O)CC[C@@H]1CN(Cc2ccc3ncccc3c2)CC[C@@H]1N1CCOCC1. The molecule has 2 saturated heterocycles. The molecule has 6 nitrogen and oxygen atoms in total. The van der Waals surface area contributed by atoms with Gasteiger partial charge in [0.1, 0.15) is 0 Å². The van der Waals surface area contributed by atoms with Crippen LogP contribution in [0.5, 0.6) is 0 Å². The lowest BCUT2D eigenvalue weighted by molar-refractivity contribution is -0.137. The maximum absolute atomic E-state index is 11.2. The van der Waals surface area contributed by atoms with Crippen molar-refractivity contribution in [3.63, 3.8) is 0 Å². The summed E-state index contributed by atoms with van der Waals surface area (Å²) in [5.41, 5.74) is 2.32. The quantitative estimate of drug-likeness (QED) is 0.827. The summed E-state index contributed by atoms with van der Waals surface area (Å²) >= 11 is 0. The second-order valence-corrected chi connectivity index (χ2v) is 7.96. The molecule has 28 heavy (non-hydrogen) atoms. The average molecular weight is 383 g/mol. The molecule has 0 unspecified atom stereocenters. The van der Waals surface area contributed by atoms with E-state index >= 15 is 0 Å². The highest BCUT2D eigenvalue weighted by Crippen LogP contribution is 2.28. The molecule has 150 valence electrons. The van der Waals surface area contributed by atoms with Gasteiger partial charge in [-0.2, -0.15) is 0 Å². The summed E-state index contributed by atoms with van der Waals surface area (Å²) in [6, 6.07) is 11.0. The first-order valence-electron chi connectivity index (χ1n) is 10.3. The number of fused-ring (bicyclic) bond motifs is 1. The molecule has 1 aromatic carbocycles. The first-order chi connectivity index (χ1) is 13.7. The topological polar surface area (TPSA) is 65.9 Å². The Morgan fingerprint density at radius 1 is 1.21 bits per heavy atom. The van der Waals surface area contributed by atoms with Crippen molar-refractivity contribution in [3.05, 3.63) is 42.1 Å². The van der Waals surface area contributed by atoms with Crippen molar-refractivity contribution < 1.29 is 14.6 Å². The summed E-state index contributed by atoms with van der Waals surface area (Å²) in [6.07, 6.45) is 3.92. The van der Waals surface area contributed by atoms with Gasteiger partial charge < -0.3 is 9.84 Å². The molecule has 0 aliphatic carbocycles. The number of carbonyl (C=O) groups is 1. The van der Waals surface area contributed by atoms with E-state index in [1.54, 1.807) is 0 Å². The molecule has 2 aliphatic rings. The number of carboxylic acids is 1. The van der Waals surface area contributed by atoms with Gasteiger partial charge in [-0.05, 0) is 49.1 Å². The van der Waals surface area contributed by atoms with Crippen LogP contribution < -0.4 is 0 Å². The molecule has 2 atom stereocenters. The van der Waals surface area contributed by atoms with E-state index in [1.807, 2.05) is 12.3 Å². The number of hydrogen-bond acceptors (Lipinski definition) is 5. The van der Waals surface area contributed by atoms with E-state index in [-0.39, 0.29) is 6.42 Å². The number of morpholine rings is 1. The fraction of sp³-hybridized carbons (Fsp3) is 0.545. The lowest BCUT2D eigenvalue weighted by Gasteiger charge is -2.45. The molecule has 0 spiro atoms. The van der Waals surface area contributed by atoms with E-state index in [0.717, 1.165) is 64.3 Å². The van der Waals surface area contributed by atoms with E-state index < -0.39 is 5.97 Å². The fourth-order valence-electron chi connectivity index (χ4n) is 4.70. The maximum Gasteiger partial charge on any atom is 0.303 e. The predicted octanol–water partition coefficient (Wildman–Crippen LogP) is 2.62. The Hall–Kier alpha value is -2.02. The largest absolute Gasteiger partial charge is 0.481 e. The summed E-state index contributed by atoms with van der Waals surface area (Å²) in [5.74, 6) is -0.301. The van der Waals surface area contributed by atoms with Crippen LogP contribution in [-0.2, 0) is 16.1 Å². The second-order valence-electron chi connectivity index (χ2n) is 7.96. The van der Waals surface area contributed by atoms with E-state index in [0.29, 0.717) is 12.0 Å². The average Bonchev–Trinajstić information content (AvgIpc) is 2.73. The minimum Gasteiger partial charge on any atom is -0.481 e. The van der Waals surface area contributed by atoms with Crippen molar-refractivity contribution in [3.8, 4) is 0 Å². The van der Waals surface area contributed by atoms with E-state index in [9.17, 15) is 9.90 Å². The zero-order chi connectivity index (χ0) is 19.3. The summed E-state index contributed by atoms with van der Waals surface area (Å²) in [4.78, 5) is 20.6. The number of hydrogen-bond donors (Lipinski definition) is 1. The second kappa shape index (κ2) is 8.99. The van der Waals surface area contributed by atoms with Gasteiger partial charge in [0, 0.05) is 50.2 Å². The molecule has 1 aromatic heterocycles. The first-order valence-corrected chi connectivity index (χ1v) is 10.3. The van der Waals surface area contributed by atoms with Gasteiger partial charge in [-0.25, -0.2) is 0 Å². The standard InChI is InChI=1S/C22H29N3O3/c26-22(27)6-4-19-16-24(9-7-21(19)25-10-12-28-13-11-25)15-17-3-5-20-18(14-17)2-1-8-23-20/h1-3,5,8,14,19,21H,4,6-7,9-13,15-16H2,(H,26,27)/t19-,21+/m1/s1. The van der Waals surface area contributed by atoms with Crippen molar-refractivity contribution in [2.75, 3.05) is 39.4 Å². The molecular weight excluding hydrogens is 354 g/mol. The van der Waals surface area contributed by atoms with Gasteiger partial charge in [0.15, 0.2) is 0 Å². The van der Waals surface area contributed by atoms with Crippen LogP contribution in [0.2, 0.25) is 0 Å². The Labute approximate surface area is 166 Å². The minimum absolute atomic E-state index is 0.251. The molecular formula is C22H29N3O3. The van der Waals surface area contributed by atoms with Crippen molar-refractivity contribution in [1.29, 1.82) is 0 Å². The van der Waals surface area contributed by atoms with Crippen LogP contribution in [0.3, 0.4) is 0 Å². The summed E-state index contributed by atoms with van der Waals surface area (Å²) in [6.45, 7) is 6.42. The highest BCUT2D eigenvalue weighted by atomic mass is 16.5. The Bertz CT molecular complexity index is 806. The number of likely N-dealkylation sites (tertiary alicyclic amines) is 1. The number of pyridine rings is 1. The molecule has 0 saturated carbocycles. The number of aliphatic carboxylic acids is 1. The molecule has 2 aliphatic heterocycles. The van der Waals surface area contributed by atoms with Crippen molar-refractivity contribution >= 4 is 16.9 Å². The summed E-state index contributed by atoms with van der Waals surface area (Å²) in [7, 11) is 0. The third-order valence-corrected chi connectivity index (χ3v) is 6.10. The monoisotopic (exact) mass is 383 g/mol. The Morgan fingerprint density at radius 3 is 2.89 bits per heavy atom. The molecule has 2 fully saturated rings. The molecule has 3 heterocycles. The molecule has 0 amide bonds. The van der Waals surface area contributed by atoms with Crippen LogP contribution in [0.25, 0.3) is 10.9 Å². The maximum atomic E-state index is 11.2. The zero-order valence-corrected chi connectivity index (χ0v) is 16.3. The summed E-state index contributed by atoms with van der Waals surface area (Å²) in [5, 5.41) is 10.4. The van der Waals surface area contributed by atoms with Crippen LogP contribution in [0, 0.1) is 5.92 Å². The smallest absolute Gasteiger partial charge is 0.303 e. The van der Waals surface area contributed by atoms with Crippen molar-refractivity contribution in [2.45, 2.75) is 31.8 Å². The highest BCUT2D eigenvalue weighted by molar-refractivity contribution is 5.78. The van der Waals surface area contributed by atoms with Crippen LogP contribution in [0.4, 0.5) is 0 Å². The summed E-state index contributed by atoms with van der Waals surface area (Å²) < 4.78 is 5.51. The number of aromatic nitrogens is 1. The number of rotatable bonds is 6. The van der Waals surface area contributed by atoms with Gasteiger partial charge in [0.05, 0.1) is 18.7 Å². The Morgan fingerprint density at radius 2 is 2.07 bits per heavy atom. The van der Waals surface area contributed by atoms with Crippen LogP contribution >= 0.6 is 0 Å². The van der Waals surface area contributed by atoms with Crippen LogP contribution in [-0.4, -0.2) is 71.3 Å². The van der Waals surface area contributed by atoms with Gasteiger partial charge >= 0.3 is 5.97 Å². The van der Waals surface area contributed by atoms with E-state index in [2.05, 4.69) is 39.0 Å². The lowest BCUT2D eigenvalue weighted by Crippen LogP contribution is -2.53. The third-order valence-electron chi connectivity index (χ3n) is 6.10. The van der Waals surface area contributed by atoms with Crippen molar-refractivity contribution in [1.82, 2.24) is 14.8 Å². The molecule has 0 bridgehead atoms. The number of benzene rings is 1. The predicted molar refractivity (Wildman–Crippen MR) is 108 cm³/mol. The molecule has 6 heteroatoms. The molecule has 4 rings (SSSR count). The first kappa shape index (κ1) is 19.3. The van der Waals surface area contributed by atoms with E-state index in [1.165, 1.54) is 10.9 Å². The molecule has 0 radical (unpaired) electrons. The number of ether oxygens (including phenoxy) is 1. The van der Waals surface area contributed by atoms with E-state index in [4.69, 9.17) is 4.74 Å². The minimum atomic E-state index is -0.695. The Kier molecular flexibility index (Phi) is 6.20. The van der Waals surface area contributed by atoms with Gasteiger partial charge in [0.25, 0.3) is 0 Å². The highest BCUT2D eigenvalue weighted by Gasteiger charge is 2.34. The van der Waals surface area contributed by atoms with Gasteiger partial charge in [-0.3, -0.25) is 19.6 Å². The fourth-order valence-corrected chi connectivity index (χ4v) is 4.70. The number of carboxylic acid groups (broad SMARTS) is 1. The Balaban J connectivity index is 1.43. The van der Waals surface area contributed by atoms with Gasteiger partial charge in [-0.1, -0.05) is 12.1 Å². The van der Waals surface area contributed by atoms with Crippen molar-refractivity contribution in [2.24, 2.45) is 5.92 Å². The number of nitrogens with zero attached hydrogens (tertiary/aromatic N) is 3. The molecule has 2 aromatic rings. The van der Waals surface area contributed by atoms with Crippen LogP contribution in [0.15, 0.2) is 36.5 Å². The lowest BCUT2D eigenvalue weighted by atomic mass is 9.86. The third kappa shape index (κ3) is 4.69. The van der Waals surface area contributed by atoms with Gasteiger partial charge in [0.2, 0.25) is 0 Å². The van der Waals surface area contributed by atoms with Gasteiger partial charge in [-0.15, -0.1) is 0 Å².